The van der Waals surface area contributed by atoms with Crippen molar-refractivity contribution >= 4 is 7.82 Å². The van der Waals surface area contributed by atoms with E-state index >= 15 is 0 Å². The summed E-state index contributed by atoms with van der Waals surface area (Å²) in [6.07, 6.45) is -23.0. The minimum Gasteiger partial charge on any atom is -0.303 e. The molecule has 120 valence electrons. The van der Waals surface area contributed by atoms with Crippen LogP contribution in [0, 0.1) is 0 Å². The first kappa shape index (κ1) is 19.2. The van der Waals surface area contributed by atoms with Gasteiger partial charge in [-0.25, -0.2) is 13.8 Å². The number of hydrogen-bond donors (Lipinski definition) is 2. The van der Waals surface area contributed by atoms with Crippen LogP contribution in [-0.2, 0) is 13.8 Å². The quantitative estimate of drug-likeness (QED) is 0.572. The highest BCUT2D eigenvalue weighted by Crippen LogP contribution is 2.51. The van der Waals surface area contributed by atoms with E-state index in [4.69, 9.17) is 9.79 Å². The Morgan fingerprint density at radius 3 is 1.60 bits per heavy atom. The molecule has 0 spiro atoms. The average Bonchev–Trinajstić information content (AvgIpc) is 2.10. The van der Waals surface area contributed by atoms with E-state index in [9.17, 15) is 44.1 Å². The predicted octanol–water partition coefficient (Wildman–Crippen LogP) is 2.97. The van der Waals surface area contributed by atoms with Gasteiger partial charge in [0.25, 0.3) is 5.83 Å². The van der Waals surface area contributed by atoms with Crippen molar-refractivity contribution in [3.8, 4) is 0 Å². The number of ether oxygens (including phenoxy) is 1. The summed E-state index contributed by atoms with van der Waals surface area (Å²) in [4.78, 5) is 15.7. The third kappa shape index (κ3) is 4.94. The van der Waals surface area contributed by atoms with E-state index in [1.54, 1.807) is 0 Å². The third-order valence-electron chi connectivity index (χ3n) is 1.25. The number of phosphoric acid groups is 1. The standard InChI is InChI=1S/C5H2F9O5P/c6-1(2(7)8)3(9,10)18-4(11,12)5(13,14)19-20(15,16)17/h(H2,15,16,17). The predicted molar refractivity (Wildman–Crippen MR) is 39.4 cm³/mol. The summed E-state index contributed by atoms with van der Waals surface area (Å²) in [5.41, 5.74) is 0. The first-order chi connectivity index (χ1) is 8.52. The molecule has 0 aliphatic carbocycles. The van der Waals surface area contributed by atoms with Gasteiger partial charge in [-0.15, -0.1) is 0 Å². The summed E-state index contributed by atoms with van der Waals surface area (Å²) >= 11 is 0. The van der Waals surface area contributed by atoms with Crippen molar-refractivity contribution in [3.05, 3.63) is 11.9 Å². The van der Waals surface area contributed by atoms with Crippen LogP contribution in [0.4, 0.5) is 39.5 Å². The van der Waals surface area contributed by atoms with Gasteiger partial charge in [-0.05, 0) is 0 Å². The lowest BCUT2D eigenvalue weighted by atomic mass is 10.5. The molecule has 5 nitrogen and oxygen atoms in total. The maximum absolute atomic E-state index is 12.5. The van der Waals surface area contributed by atoms with Crippen molar-refractivity contribution in [1.82, 2.24) is 0 Å². The fourth-order valence-corrected chi connectivity index (χ4v) is 0.983. The molecule has 0 bridgehead atoms. The maximum atomic E-state index is 12.5. The van der Waals surface area contributed by atoms with E-state index < -0.39 is 38.1 Å². The molecule has 0 aromatic rings. The van der Waals surface area contributed by atoms with Gasteiger partial charge in [-0.1, -0.05) is 0 Å². The maximum Gasteiger partial charge on any atom is 0.474 e. The largest absolute Gasteiger partial charge is 0.474 e. The van der Waals surface area contributed by atoms with Crippen molar-refractivity contribution in [3.63, 3.8) is 0 Å². The summed E-state index contributed by atoms with van der Waals surface area (Å²) in [5, 5.41) is 0. The zero-order chi connectivity index (χ0) is 16.6. The van der Waals surface area contributed by atoms with Crippen molar-refractivity contribution in [1.29, 1.82) is 0 Å². The van der Waals surface area contributed by atoms with Crippen LogP contribution in [0.3, 0.4) is 0 Å². The van der Waals surface area contributed by atoms with E-state index in [1.165, 1.54) is 0 Å². The first-order valence-electron chi connectivity index (χ1n) is 3.83. The number of alkyl halides is 6. The average molecular weight is 344 g/mol. The van der Waals surface area contributed by atoms with E-state index in [1.807, 2.05) is 4.74 Å². The topological polar surface area (TPSA) is 76.0 Å². The van der Waals surface area contributed by atoms with Gasteiger partial charge in [0.1, 0.15) is 0 Å². The van der Waals surface area contributed by atoms with E-state index in [0.29, 0.717) is 0 Å². The highest BCUT2D eigenvalue weighted by atomic mass is 31.2. The van der Waals surface area contributed by atoms with Crippen molar-refractivity contribution in [2.24, 2.45) is 0 Å². The molecule has 0 saturated carbocycles. The number of rotatable bonds is 6. The van der Waals surface area contributed by atoms with E-state index in [0.717, 1.165) is 0 Å². The molecular formula is C5H2F9O5P. The monoisotopic (exact) mass is 344 g/mol. The summed E-state index contributed by atoms with van der Waals surface area (Å²) in [5.74, 6) is -3.90. The van der Waals surface area contributed by atoms with Crippen LogP contribution in [0.15, 0.2) is 11.9 Å². The molecule has 0 fully saturated rings. The zero-order valence-electron chi connectivity index (χ0n) is 8.47. The SMILES string of the molecule is O=P(O)(O)OC(F)(F)C(F)(F)OC(F)(F)C(F)=C(F)F. The van der Waals surface area contributed by atoms with Crippen LogP contribution in [-0.4, -0.2) is 28.1 Å². The Morgan fingerprint density at radius 2 is 1.30 bits per heavy atom. The molecule has 0 radical (unpaired) electrons. The zero-order valence-corrected chi connectivity index (χ0v) is 9.36. The number of hydrogen-bond acceptors (Lipinski definition) is 3. The van der Waals surface area contributed by atoms with Gasteiger partial charge >= 0.3 is 32.2 Å². The molecular weight excluding hydrogens is 342 g/mol. The molecule has 0 rings (SSSR count). The van der Waals surface area contributed by atoms with Gasteiger partial charge in [-0.3, -0.25) is 0 Å². The van der Waals surface area contributed by atoms with Gasteiger partial charge in [0.15, 0.2) is 0 Å². The summed E-state index contributed by atoms with van der Waals surface area (Å²) in [7, 11) is -6.30. The molecule has 20 heavy (non-hydrogen) atoms. The Balaban J connectivity index is 5.36. The molecule has 0 unspecified atom stereocenters. The lowest BCUT2D eigenvalue weighted by Gasteiger charge is -2.27. The molecule has 2 N–H and O–H groups in total. The van der Waals surface area contributed by atoms with Crippen LogP contribution in [0.25, 0.3) is 0 Å². The minimum absolute atomic E-state index is 1.86. The molecule has 0 aliphatic heterocycles. The molecule has 0 aliphatic rings. The Kier molecular flexibility index (Phi) is 5.29. The molecule has 15 heteroatoms. The van der Waals surface area contributed by atoms with E-state index in [2.05, 4.69) is 4.52 Å². The molecule has 0 heterocycles. The second-order valence-electron chi connectivity index (χ2n) is 2.81. The molecule has 0 aromatic heterocycles. The fourth-order valence-electron chi connectivity index (χ4n) is 0.578. The van der Waals surface area contributed by atoms with Crippen LogP contribution in [0.2, 0.25) is 0 Å². The lowest BCUT2D eigenvalue weighted by molar-refractivity contribution is -0.462. The van der Waals surface area contributed by atoms with Crippen molar-refractivity contribution < 1.29 is 63.1 Å². The smallest absolute Gasteiger partial charge is 0.303 e. The Hall–Kier alpha value is -0.820. The number of phosphoric ester groups is 1. The summed E-state index contributed by atoms with van der Waals surface area (Å²) < 4.78 is 123. The summed E-state index contributed by atoms with van der Waals surface area (Å²) in [6.45, 7) is 0. The Morgan fingerprint density at radius 1 is 0.900 bits per heavy atom. The van der Waals surface area contributed by atoms with Crippen LogP contribution in [0.5, 0.6) is 0 Å². The van der Waals surface area contributed by atoms with Crippen LogP contribution in [0.1, 0.15) is 0 Å². The fraction of sp³-hybridized carbons (Fsp3) is 0.600. The van der Waals surface area contributed by atoms with E-state index in [-0.39, 0.29) is 0 Å². The third-order valence-corrected chi connectivity index (χ3v) is 1.72. The first-order valence-corrected chi connectivity index (χ1v) is 5.36. The Labute approximate surface area is 102 Å². The lowest BCUT2D eigenvalue weighted by Crippen LogP contribution is -2.48. The van der Waals surface area contributed by atoms with Crippen LogP contribution < -0.4 is 0 Å². The van der Waals surface area contributed by atoms with Gasteiger partial charge in [0.2, 0.25) is 0 Å². The highest BCUT2D eigenvalue weighted by Gasteiger charge is 2.67. The van der Waals surface area contributed by atoms with Gasteiger partial charge in [0.05, 0.1) is 0 Å². The Bertz CT molecular complexity index is 438. The van der Waals surface area contributed by atoms with Crippen LogP contribution >= 0.6 is 7.82 Å². The van der Waals surface area contributed by atoms with Gasteiger partial charge in [0, 0.05) is 0 Å². The molecule has 0 amide bonds. The van der Waals surface area contributed by atoms with Crippen molar-refractivity contribution in [2.45, 2.75) is 18.3 Å². The normalized spacial score (nSPS) is 14.3. The van der Waals surface area contributed by atoms with Gasteiger partial charge < -0.3 is 9.79 Å². The van der Waals surface area contributed by atoms with Crippen molar-refractivity contribution in [2.75, 3.05) is 0 Å². The van der Waals surface area contributed by atoms with Gasteiger partial charge in [-0.2, -0.15) is 39.5 Å². The molecule has 0 saturated heterocycles. The molecule has 0 atom stereocenters. The number of halogens is 9. The second kappa shape index (κ2) is 5.52. The summed E-state index contributed by atoms with van der Waals surface area (Å²) in [6, 6.07) is 0. The highest BCUT2D eigenvalue weighted by molar-refractivity contribution is 7.46. The second-order valence-corrected chi connectivity index (χ2v) is 3.97. The molecule has 0 aromatic carbocycles. The minimum atomic E-state index is -6.55.